The van der Waals surface area contributed by atoms with Crippen LogP contribution in [0, 0.1) is 0 Å². The van der Waals surface area contributed by atoms with Gasteiger partial charge in [-0.2, -0.15) is 0 Å². The van der Waals surface area contributed by atoms with Gasteiger partial charge in [-0.15, -0.1) is 0 Å². The van der Waals surface area contributed by atoms with Crippen LogP contribution in [0.3, 0.4) is 0 Å². The second kappa shape index (κ2) is 61.1. The molecule has 0 amide bonds. The molecule has 0 rings (SSSR count). The van der Waals surface area contributed by atoms with Crippen LogP contribution in [0.25, 0.3) is 0 Å². The Morgan fingerprint density at radius 2 is 0.534 bits per heavy atom. The van der Waals surface area contributed by atoms with Crippen LogP contribution in [0.15, 0.2) is 85.1 Å². The molecule has 420 valence electrons. The largest absolute Gasteiger partial charge is 0.462 e. The monoisotopic (exact) mass is 1020 g/mol. The lowest BCUT2D eigenvalue weighted by atomic mass is 10.0. The predicted molar refractivity (Wildman–Crippen MR) is 316 cm³/mol. The molecule has 0 aromatic carbocycles. The van der Waals surface area contributed by atoms with E-state index in [1.165, 1.54) is 167 Å². The summed E-state index contributed by atoms with van der Waals surface area (Å²) in [4.78, 5) is 38.0. The molecule has 0 fully saturated rings. The number of rotatable bonds is 56. The summed E-state index contributed by atoms with van der Waals surface area (Å²) in [6.45, 7) is 6.50. The Balaban J connectivity index is 4.10. The van der Waals surface area contributed by atoms with Crippen molar-refractivity contribution < 1.29 is 28.6 Å². The summed E-state index contributed by atoms with van der Waals surface area (Å²) in [5.74, 6) is -0.880. The summed E-state index contributed by atoms with van der Waals surface area (Å²) >= 11 is 0. The van der Waals surface area contributed by atoms with E-state index in [2.05, 4.69) is 106 Å². The highest BCUT2D eigenvalue weighted by Gasteiger charge is 2.19. The third-order valence-corrected chi connectivity index (χ3v) is 13.4. The molecule has 0 heterocycles. The van der Waals surface area contributed by atoms with E-state index in [-0.39, 0.29) is 31.1 Å². The molecule has 6 heteroatoms. The average Bonchev–Trinajstić information content (AvgIpc) is 3.39. The number of ether oxygens (including phenoxy) is 3. The number of hydrogen-bond acceptors (Lipinski definition) is 6. The number of carbonyl (C=O) groups is 3. The van der Waals surface area contributed by atoms with Gasteiger partial charge >= 0.3 is 17.9 Å². The third-order valence-electron chi connectivity index (χ3n) is 13.4. The zero-order valence-electron chi connectivity index (χ0n) is 48.1. The van der Waals surface area contributed by atoms with Gasteiger partial charge in [0.15, 0.2) is 6.10 Å². The summed E-state index contributed by atoms with van der Waals surface area (Å²) < 4.78 is 16.8. The van der Waals surface area contributed by atoms with Crippen LogP contribution >= 0.6 is 0 Å². The van der Waals surface area contributed by atoms with Gasteiger partial charge in [-0.25, -0.2) is 0 Å². The van der Waals surface area contributed by atoms with Gasteiger partial charge in [0.2, 0.25) is 0 Å². The highest BCUT2D eigenvalue weighted by atomic mass is 16.6. The molecule has 1 unspecified atom stereocenters. The summed E-state index contributed by atoms with van der Waals surface area (Å²) in [5.41, 5.74) is 0. The van der Waals surface area contributed by atoms with E-state index in [9.17, 15) is 14.4 Å². The molecule has 0 aliphatic carbocycles. The van der Waals surface area contributed by atoms with Crippen molar-refractivity contribution in [2.45, 2.75) is 309 Å². The van der Waals surface area contributed by atoms with Gasteiger partial charge in [0.1, 0.15) is 13.2 Å². The second-order valence-electron chi connectivity index (χ2n) is 20.6. The SMILES string of the molecule is CC/C=C\C/C=C\C/C=C\C/C=C\C/C=C\C/C=C\CCCCCCCCCCCCCCC(=O)OCC(COC(=O)CCCCCCCCC)OC(=O)CCCCCCCCC/C=C\CCCCCCCC. The molecule has 0 saturated carbocycles. The summed E-state index contributed by atoms with van der Waals surface area (Å²) in [7, 11) is 0. The van der Waals surface area contributed by atoms with Crippen molar-refractivity contribution in [3.63, 3.8) is 0 Å². The number of carbonyl (C=O) groups excluding carboxylic acids is 3. The van der Waals surface area contributed by atoms with Crippen molar-refractivity contribution in [3.8, 4) is 0 Å². The Morgan fingerprint density at radius 3 is 0.849 bits per heavy atom. The Kier molecular flexibility index (Phi) is 58.3. The maximum Gasteiger partial charge on any atom is 0.306 e. The van der Waals surface area contributed by atoms with Crippen LogP contribution in [0.5, 0.6) is 0 Å². The van der Waals surface area contributed by atoms with Gasteiger partial charge in [-0.05, 0) is 96.3 Å². The third kappa shape index (κ3) is 59.3. The molecule has 0 saturated heterocycles. The van der Waals surface area contributed by atoms with Crippen molar-refractivity contribution >= 4 is 17.9 Å². The van der Waals surface area contributed by atoms with Gasteiger partial charge in [-0.1, -0.05) is 273 Å². The maximum atomic E-state index is 12.8. The lowest BCUT2D eigenvalue weighted by Gasteiger charge is -2.18. The van der Waals surface area contributed by atoms with Crippen LogP contribution in [-0.2, 0) is 28.6 Å². The fourth-order valence-corrected chi connectivity index (χ4v) is 8.74. The predicted octanol–water partition coefficient (Wildman–Crippen LogP) is 21.1. The van der Waals surface area contributed by atoms with Crippen molar-refractivity contribution in [2.24, 2.45) is 0 Å². The first kappa shape index (κ1) is 69.6. The summed E-state index contributed by atoms with van der Waals surface area (Å²) in [6, 6.07) is 0. The lowest BCUT2D eigenvalue weighted by molar-refractivity contribution is -0.167. The first-order valence-electron chi connectivity index (χ1n) is 31.1. The van der Waals surface area contributed by atoms with Gasteiger partial charge in [0.05, 0.1) is 0 Å². The smallest absolute Gasteiger partial charge is 0.306 e. The molecular formula is C67H116O6. The van der Waals surface area contributed by atoms with E-state index in [1.807, 2.05) is 0 Å². The van der Waals surface area contributed by atoms with E-state index >= 15 is 0 Å². The molecule has 73 heavy (non-hydrogen) atoms. The Morgan fingerprint density at radius 1 is 0.288 bits per heavy atom. The molecule has 0 spiro atoms. The molecule has 0 bridgehead atoms. The van der Waals surface area contributed by atoms with Gasteiger partial charge in [0.25, 0.3) is 0 Å². The normalized spacial score (nSPS) is 12.6. The first-order valence-corrected chi connectivity index (χ1v) is 31.1. The minimum Gasteiger partial charge on any atom is -0.462 e. The number of esters is 3. The van der Waals surface area contributed by atoms with E-state index in [4.69, 9.17) is 14.2 Å². The molecular weight excluding hydrogens is 901 g/mol. The minimum absolute atomic E-state index is 0.0757. The molecule has 6 nitrogen and oxygen atoms in total. The molecule has 0 radical (unpaired) electrons. The standard InChI is InChI=1S/C67H116O6/c1-4-7-10-13-16-18-20-22-24-26-27-28-29-30-31-32-33-34-35-36-37-38-39-41-42-44-46-48-51-54-57-60-66(69)72-63-64(62-71-65(68)59-56-53-50-15-12-9-6-3)73-67(70)61-58-55-52-49-47-45-43-40-25-23-21-19-17-14-11-8-5-2/h7,10,16,18,22-25,27-28,30-31,33-34,64H,4-6,8-9,11-15,17,19-21,26,29,32,35-63H2,1-3H3/b10-7-,18-16-,24-22-,25-23-,28-27-,31-30-,34-33-. The van der Waals surface area contributed by atoms with Crippen molar-refractivity contribution in [2.75, 3.05) is 13.2 Å². The molecule has 0 aliphatic heterocycles. The van der Waals surface area contributed by atoms with E-state index < -0.39 is 6.10 Å². The van der Waals surface area contributed by atoms with Crippen LogP contribution in [0.2, 0.25) is 0 Å². The van der Waals surface area contributed by atoms with Gasteiger partial charge in [0, 0.05) is 19.3 Å². The van der Waals surface area contributed by atoms with Crippen molar-refractivity contribution in [1.82, 2.24) is 0 Å². The molecule has 0 aromatic rings. The number of hydrogen-bond donors (Lipinski definition) is 0. The van der Waals surface area contributed by atoms with Crippen molar-refractivity contribution in [3.05, 3.63) is 85.1 Å². The summed E-state index contributed by atoms with van der Waals surface area (Å²) in [5, 5.41) is 0. The molecule has 0 aliphatic rings. The van der Waals surface area contributed by atoms with Gasteiger partial charge < -0.3 is 14.2 Å². The number of allylic oxidation sites excluding steroid dienone is 14. The molecule has 1 atom stereocenters. The van der Waals surface area contributed by atoms with Crippen molar-refractivity contribution in [1.29, 1.82) is 0 Å². The quantitative estimate of drug-likeness (QED) is 0.0261. The van der Waals surface area contributed by atoms with E-state index in [0.29, 0.717) is 19.3 Å². The Hall–Kier alpha value is -3.41. The molecule has 0 aromatic heterocycles. The highest BCUT2D eigenvalue weighted by Crippen LogP contribution is 2.16. The van der Waals surface area contributed by atoms with E-state index in [0.717, 1.165) is 96.3 Å². The van der Waals surface area contributed by atoms with Crippen LogP contribution in [-0.4, -0.2) is 37.2 Å². The fraction of sp³-hybridized carbons (Fsp3) is 0.746. The Bertz CT molecular complexity index is 1400. The zero-order valence-corrected chi connectivity index (χ0v) is 48.1. The van der Waals surface area contributed by atoms with Crippen LogP contribution < -0.4 is 0 Å². The lowest BCUT2D eigenvalue weighted by Crippen LogP contribution is -2.30. The van der Waals surface area contributed by atoms with E-state index in [1.54, 1.807) is 0 Å². The number of unbranched alkanes of at least 4 members (excludes halogenated alkanes) is 31. The fourth-order valence-electron chi connectivity index (χ4n) is 8.74. The first-order chi connectivity index (χ1) is 36.0. The molecule has 0 N–H and O–H groups in total. The van der Waals surface area contributed by atoms with Crippen LogP contribution in [0.1, 0.15) is 303 Å². The topological polar surface area (TPSA) is 78.9 Å². The zero-order chi connectivity index (χ0) is 52.9. The Labute approximate surface area is 452 Å². The second-order valence-corrected chi connectivity index (χ2v) is 20.6. The van der Waals surface area contributed by atoms with Crippen LogP contribution in [0.4, 0.5) is 0 Å². The average molecular weight is 1020 g/mol. The van der Waals surface area contributed by atoms with Gasteiger partial charge in [-0.3, -0.25) is 14.4 Å². The summed E-state index contributed by atoms with van der Waals surface area (Å²) in [6.07, 6.45) is 80.4. The highest BCUT2D eigenvalue weighted by molar-refractivity contribution is 5.71. The maximum absolute atomic E-state index is 12.8. The minimum atomic E-state index is -0.775.